The molecule has 0 saturated carbocycles. The maximum Gasteiger partial charge on any atom is 0.276 e. The minimum atomic E-state index is -0.535. The van der Waals surface area contributed by atoms with Gasteiger partial charge in [-0.3, -0.25) is 25.8 Å². The number of amides is 2. The predicted molar refractivity (Wildman–Crippen MR) is 126 cm³/mol. The van der Waals surface area contributed by atoms with Gasteiger partial charge in [-0.05, 0) is 64.4 Å². The summed E-state index contributed by atoms with van der Waals surface area (Å²) in [6, 6.07) is 8.59. The van der Waals surface area contributed by atoms with Gasteiger partial charge in [-0.1, -0.05) is 13.0 Å². The van der Waals surface area contributed by atoms with Crippen LogP contribution >= 0.6 is 28.1 Å². The number of methoxy groups -OCH3 is 3. The lowest BCUT2D eigenvalue weighted by Crippen LogP contribution is -2.49. The van der Waals surface area contributed by atoms with Gasteiger partial charge in [-0.25, -0.2) is 0 Å². The lowest BCUT2D eigenvalue weighted by atomic mass is 10.1. The van der Waals surface area contributed by atoms with Crippen molar-refractivity contribution in [2.24, 2.45) is 0 Å². The molecule has 0 heterocycles. The highest BCUT2D eigenvalue weighted by atomic mass is 79.9. The van der Waals surface area contributed by atoms with E-state index in [9.17, 15) is 9.59 Å². The van der Waals surface area contributed by atoms with Gasteiger partial charge in [0.15, 0.2) is 23.2 Å². The van der Waals surface area contributed by atoms with Crippen molar-refractivity contribution in [3.63, 3.8) is 0 Å². The molecule has 0 aliphatic rings. The summed E-state index contributed by atoms with van der Waals surface area (Å²) in [5, 5.41) is 2.35. The number of rotatable bonds is 8. The lowest BCUT2D eigenvalue weighted by Gasteiger charge is -2.15. The number of hydrogen-bond acceptors (Lipinski definition) is 7. The molecule has 0 fully saturated rings. The first-order chi connectivity index (χ1) is 15.3. The van der Waals surface area contributed by atoms with Crippen LogP contribution in [-0.4, -0.2) is 44.9 Å². The summed E-state index contributed by atoms with van der Waals surface area (Å²) in [7, 11) is 4.35. The van der Waals surface area contributed by atoms with Crippen molar-refractivity contribution in [2.75, 3.05) is 27.9 Å². The highest BCUT2D eigenvalue weighted by Gasteiger charge is 2.18. The van der Waals surface area contributed by atoms with Crippen molar-refractivity contribution in [1.29, 1.82) is 0 Å². The van der Waals surface area contributed by atoms with E-state index >= 15 is 0 Å². The molecule has 0 aliphatic carbocycles. The highest BCUT2D eigenvalue weighted by Crippen LogP contribution is 2.38. The van der Waals surface area contributed by atoms with E-state index in [1.165, 1.54) is 33.5 Å². The Bertz CT molecular complexity index is 976. The van der Waals surface area contributed by atoms with Crippen molar-refractivity contribution < 1.29 is 28.5 Å². The lowest BCUT2D eigenvalue weighted by molar-refractivity contribution is -0.123. The Hall–Kier alpha value is -3.05. The summed E-state index contributed by atoms with van der Waals surface area (Å²) in [6.45, 7) is 1.80. The minimum absolute atomic E-state index is 0.106. The molecule has 2 rings (SSSR count). The number of carbonyl (C=O) groups is 2. The molecule has 11 heteroatoms. The largest absolute Gasteiger partial charge is 0.493 e. The summed E-state index contributed by atoms with van der Waals surface area (Å²) in [6.07, 6.45) is 0.891. The van der Waals surface area contributed by atoms with Gasteiger partial charge >= 0.3 is 0 Å². The quantitative estimate of drug-likeness (QED) is 0.356. The van der Waals surface area contributed by atoms with E-state index in [1.54, 1.807) is 6.07 Å². The Labute approximate surface area is 199 Å². The molecule has 0 saturated heterocycles. The molecule has 3 N–H and O–H groups in total. The molecule has 9 nitrogen and oxygen atoms in total. The molecular formula is C21H24BrN3O6S. The van der Waals surface area contributed by atoms with Crippen LogP contribution in [0.1, 0.15) is 22.8 Å². The van der Waals surface area contributed by atoms with Crippen LogP contribution in [0.4, 0.5) is 0 Å². The average Bonchev–Trinajstić information content (AvgIpc) is 2.80. The van der Waals surface area contributed by atoms with Gasteiger partial charge < -0.3 is 18.9 Å². The fraction of sp³-hybridized carbons (Fsp3) is 0.286. The van der Waals surface area contributed by atoms with E-state index in [1.807, 2.05) is 19.1 Å². The summed E-state index contributed by atoms with van der Waals surface area (Å²) < 4.78 is 21.9. The Kier molecular flexibility index (Phi) is 9.54. The molecule has 0 bridgehead atoms. The number of thiocarbonyl (C=S) groups is 1. The monoisotopic (exact) mass is 525 g/mol. The molecule has 2 aromatic carbocycles. The van der Waals surface area contributed by atoms with Crippen LogP contribution in [0.3, 0.4) is 0 Å². The van der Waals surface area contributed by atoms with Gasteiger partial charge in [0.25, 0.3) is 11.8 Å². The van der Waals surface area contributed by atoms with Crippen LogP contribution in [0.2, 0.25) is 0 Å². The number of hydrazine groups is 1. The van der Waals surface area contributed by atoms with Gasteiger partial charge in [-0.15, -0.1) is 0 Å². The second kappa shape index (κ2) is 12.1. The van der Waals surface area contributed by atoms with Crippen LogP contribution in [0, 0.1) is 0 Å². The molecule has 0 aliphatic heterocycles. The van der Waals surface area contributed by atoms with Gasteiger partial charge in [0, 0.05) is 5.56 Å². The topological polar surface area (TPSA) is 107 Å². The second-order valence-electron chi connectivity index (χ2n) is 6.28. The van der Waals surface area contributed by atoms with Crippen molar-refractivity contribution in [3.05, 3.63) is 45.9 Å². The van der Waals surface area contributed by atoms with E-state index in [4.69, 9.17) is 31.2 Å². The van der Waals surface area contributed by atoms with Crippen LogP contribution in [-0.2, 0) is 11.2 Å². The zero-order valence-electron chi connectivity index (χ0n) is 18.0. The molecule has 0 atom stereocenters. The fourth-order valence-corrected chi connectivity index (χ4v) is 3.29. The molecule has 32 heavy (non-hydrogen) atoms. The van der Waals surface area contributed by atoms with E-state index in [-0.39, 0.29) is 17.3 Å². The summed E-state index contributed by atoms with van der Waals surface area (Å²) >= 11 is 8.47. The molecule has 0 unspecified atom stereocenters. The van der Waals surface area contributed by atoms with Gasteiger partial charge in [0.05, 0.1) is 25.8 Å². The van der Waals surface area contributed by atoms with Crippen molar-refractivity contribution in [2.45, 2.75) is 13.3 Å². The zero-order valence-corrected chi connectivity index (χ0v) is 20.4. The van der Waals surface area contributed by atoms with E-state index in [0.717, 1.165) is 16.5 Å². The molecule has 172 valence electrons. The smallest absolute Gasteiger partial charge is 0.276 e. The Balaban J connectivity index is 1.88. The van der Waals surface area contributed by atoms with Gasteiger partial charge in [0.2, 0.25) is 5.75 Å². The SMILES string of the molecule is CCc1ccc(OCC(=O)NNC(=S)NC(=O)c2cc(OC)c(OC)c(OC)c2)c(Br)c1. The number of ether oxygens (including phenoxy) is 4. The van der Waals surface area contributed by atoms with Gasteiger partial charge in [0.1, 0.15) is 5.75 Å². The summed E-state index contributed by atoms with van der Waals surface area (Å²) in [4.78, 5) is 24.5. The molecule has 0 radical (unpaired) electrons. The van der Waals surface area contributed by atoms with Crippen LogP contribution in [0.5, 0.6) is 23.0 Å². The first-order valence-corrected chi connectivity index (χ1v) is 10.6. The third kappa shape index (κ3) is 6.72. The zero-order chi connectivity index (χ0) is 23.7. The first kappa shape index (κ1) is 25.2. The third-order valence-corrected chi connectivity index (χ3v) is 5.06. The van der Waals surface area contributed by atoms with Gasteiger partial charge in [-0.2, -0.15) is 0 Å². The van der Waals surface area contributed by atoms with E-state index in [2.05, 4.69) is 32.1 Å². The molecule has 0 spiro atoms. The maximum atomic E-state index is 12.5. The molecule has 2 amide bonds. The van der Waals surface area contributed by atoms with E-state index < -0.39 is 11.8 Å². The van der Waals surface area contributed by atoms with Crippen molar-refractivity contribution in [1.82, 2.24) is 16.2 Å². The highest BCUT2D eigenvalue weighted by molar-refractivity contribution is 9.10. The van der Waals surface area contributed by atoms with Crippen molar-refractivity contribution >= 4 is 45.1 Å². The molecule has 0 aromatic heterocycles. The molecule has 2 aromatic rings. The standard InChI is InChI=1S/C21H24BrN3O6S/c1-5-12-6-7-15(14(22)8-12)31-11-18(26)24-25-21(32)23-20(27)13-9-16(28-2)19(30-4)17(10-13)29-3/h6-10H,5,11H2,1-4H3,(H,24,26)(H2,23,25,27,32). The number of nitrogens with one attached hydrogen (secondary N) is 3. The van der Waals surface area contributed by atoms with E-state index in [0.29, 0.717) is 23.0 Å². The number of carbonyl (C=O) groups excluding carboxylic acids is 2. The van der Waals surface area contributed by atoms with Crippen LogP contribution < -0.4 is 35.1 Å². The predicted octanol–water partition coefficient (Wildman–Crippen LogP) is 2.75. The van der Waals surface area contributed by atoms with Crippen LogP contribution in [0.15, 0.2) is 34.8 Å². The normalized spacial score (nSPS) is 10.0. The van der Waals surface area contributed by atoms with Crippen LogP contribution in [0.25, 0.3) is 0 Å². The number of benzene rings is 2. The Morgan fingerprint density at radius 2 is 1.62 bits per heavy atom. The first-order valence-electron chi connectivity index (χ1n) is 9.44. The maximum absolute atomic E-state index is 12.5. The average molecular weight is 526 g/mol. The number of halogens is 1. The Morgan fingerprint density at radius 1 is 0.969 bits per heavy atom. The third-order valence-electron chi connectivity index (χ3n) is 4.23. The Morgan fingerprint density at radius 3 is 2.16 bits per heavy atom. The van der Waals surface area contributed by atoms with Crippen molar-refractivity contribution in [3.8, 4) is 23.0 Å². The summed E-state index contributed by atoms with van der Waals surface area (Å²) in [5.41, 5.74) is 6.18. The number of hydrogen-bond donors (Lipinski definition) is 3. The second-order valence-corrected chi connectivity index (χ2v) is 7.54. The fourth-order valence-electron chi connectivity index (χ4n) is 2.61. The minimum Gasteiger partial charge on any atom is -0.493 e. The molecular weight excluding hydrogens is 502 g/mol. The summed E-state index contributed by atoms with van der Waals surface area (Å²) in [5.74, 6) is 0.512. The number of aryl methyl sites for hydroxylation is 1.